The summed E-state index contributed by atoms with van der Waals surface area (Å²) in [6.07, 6.45) is 3.38. The molecule has 1 unspecified atom stereocenters. The van der Waals surface area contributed by atoms with Crippen LogP contribution in [0.25, 0.3) is 10.7 Å². The number of hydrogen-bond acceptors (Lipinski definition) is 4. The molecule has 0 saturated carbocycles. The van der Waals surface area contributed by atoms with Gasteiger partial charge in [-0.05, 0) is 11.4 Å². The highest BCUT2D eigenvalue weighted by Crippen LogP contribution is 2.22. The number of aromatic nitrogens is 2. The molecule has 5 nitrogen and oxygen atoms in total. The Bertz CT molecular complexity index is 478. The normalized spacial score (nSPS) is 12.6. The van der Waals surface area contributed by atoms with Gasteiger partial charge in [0.05, 0.1) is 11.4 Å². The zero-order chi connectivity index (χ0) is 11.5. The average Bonchev–Trinajstić information content (AvgIpc) is 2.85. The lowest BCUT2D eigenvalue weighted by Crippen LogP contribution is -2.34. The molecule has 0 fully saturated rings. The molecule has 84 valence electrons. The van der Waals surface area contributed by atoms with Crippen molar-refractivity contribution in [3.8, 4) is 10.7 Å². The summed E-state index contributed by atoms with van der Waals surface area (Å²) in [6.45, 7) is 0.225. The van der Waals surface area contributed by atoms with Crippen molar-refractivity contribution in [2.24, 2.45) is 5.73 Å². The maximum absolute atomic E-state index is 10.7. The minimum absolute atomic E-state index is 0.225. The standard InChI is InChI=1S/C10H11N3O2S/c11-7(10(14)15)6-13-4-3-12-9(13)8-2-1-5-16-8/h1-5,7H,6,11H2,(H,14,15). The smallest absolute Gasteiger partial charge is 0.322 e. The van der Waals surface area contributed by atoms with Gasteiger partial charge >= 0.3 is 5.97 Å². The van der Waals surface area contributed by atoms with Gasteiger partial charge < -0.3 is 15.4 Å². The molecule has 3 N–H and O–H groups in total. The number of nitrogens with two attached hydrogens (primary N) is 1. The first-order valence-corrected chi connectivity index (χ1v) is 5.60. The van der Waals surface area contributed by atoms with E-state index in [1.54, 1.807) is 28.3 Å². The molecule has 0 aromatic carbocycles. The highest BCUT2D eigenvalue weighted by Gasteiger charge is 2.15. The first-order valence-electron chi connectivity index (χ1n) is 4.72. The number of aliphatic carboxylic acids is 1. The summed E-state index contributed by atoms with van der Waals surface area (Å²) in [5.41, 5.74) is 5.49. The Morgan fingerprint density at radius 3 is 3.12 bits per heavy atom. The third kappa shape index (κ3) is 2.12. The molecule has 0 aliphatic rings. The molecule has 6 heteroatoms. The van der Waals surface area contributed by atoms with Crippen molar-refractivity contribution in [3.63, 3.8) is 0 Å². The highest BCUT2D eigenvalue weighted by molar-refractivity contribution is 7.13. The van der Waals surface area contributed by atoms with E-state index in [0.717, 1.165) is 10.7 Å². The topological polar surface area (TPSA) is 81.1 Å². The van der Waals surface area contributed by atoms with E-state index in [2.05, 4.69) is 4.98 Å². The highest BCUT2D eigenvalue weighted by atomic mass is 32.1. The predicted octanol–water partition coefficient (Wildman–Crippen LogP) is 1.02. The molecule has 0 aliphatic carbocycles. The second-order valence-corrected chi connectivity index (χ2v) is 4.27. The lowest BCUT2D eigenvalue weighted by Gasteiger charge is -2.09. The largest absolute Gasteiger partial charge is 0.480 e. The van der Waals surface area contributed by atoms with Gasteiger partial charge in [-0.15, -0.1) is 11.3 Å². The van der Waals surface area contributed by atoms with Crippen molar-refractivity contribution < 1.29 is 9.90 Å². The molecule has 0 saturated heterocycles. The van der Waals surface area contributed by atoms with E-state index in [4.69, 9.17) is 10.8 Å². The summed E-state index contributed by atoms with van der Waals surface area (Å²) in [6, 6.07) is 2.96. The van der Waals surface area contributed by atoms with Crippen LogP contribution < -0.4 is 5.73 Å². The van der Waals surface area contributed by atoms with E-state index in [1.165, 1.54) is 0 Å². The van der Waals surface area contributed by atoms with Gasteiger partial charge in [0.1, 0.15) is 11.9 Å². The maximum atomic E-state index is 10.7. The van der Waals surface area contributed by atoms with Crippen LogP contribution in [0.2, 0.25) is 0 Å². The molecule has 0 spiro atoms. The number of hydrogen-bond donors (Lipinski definition) is 2. The average molecular weight is 237 g/mol. The second-order valence-electron chi connectivity index (χ2n) is 3.33. The number of carboxylic acid groups (broad SMARTS) is 1. The van der Waals surface area contributed by atoms with Gasteiger partial charge in [0.15, 0.2) is 0 Å². The number of rotatable bonds is 4. The van der Waals surface area contributed by atoms with Crippen LogP contribution in [0.15, 0.2) is 29.9 Å². The van der Waals surface area contributed by atoms with Gasteiger partial charge in [-0.2, -0.15) is 0 Å². The molecule has 0 bridgehead atoms. The van der Waals surface area contributed by atoms with Crippen molar-refractivity contribution in [1.82, 2.24) is 9.55 Å². The SMILES string of the molecule is NC(Cn1ccnc1-c1cccs1)C(=O)O. The first kappa shape index (κ1) is 10.8. The van der Waals surface area contributed by atoms with Crippen LogP contribution >= 0.6 is 11.3 Å². The van der Waals surface area contributed by atoms with Crippen LogP contribution in [0.5, 0.6) is 0 Å². The Kier molecular flexibility index (Phi) is 3.02. The van der Waals surface area contributed by atoms with Crippen LogP contribution in [-0.4, -0.2) is 26.7 Å². The number of carbonyl (C=O) groups is 1. The maximum Gasteiger partial charge on any atom is 0.322 e. The molecule has 2 rings (SSSR count). The minimum Gasteiger partial charge on any atom is -0.480 e. The van der Waals surface area contributed by atoms with E-state index in [1.807, 2.05) is 17.5 Å². The van der Waals surface area contributed by atoms with E-state index >= 15 is 0 Å². The lowest BCUT2D eigenvalue weighted by molar-refractivity contribution is -0.138. The van der Waals surface area contributed by atoms with E-state index in [-0.39, 0.29) is 6.54 Å². The van der Waals surface area contributed by atoms with Gasteiger partial charge in [-0.3, -0.25) is 4.79 Å². The summed E-state index contributed by atoms with van der Waals surface area (Å²) in [5, 5.41) is 10.7. The number of carboxylic acids is 1. The quantitative estimate of drug-likeness (QED) is 0.832. The van der Waals surface area contributed by atoms with Crippen LogP contribution in [0, 0.1) is 0 Å². The van der Waals surface area contributed by atoms with Gasteiger partial charge in [-0.1, -0.05) is 6.07 Å². The predicted molar refractivity (Wildman–Crippen MR) is 61.2 cm³/mol. The Balaban J connectivity index is 2.23. The number of thiophene rings is 1. The Hall–Kier alpha value is -1.66. The summed E-state index contributed by atoms with van der Waals surface area (Å²) >= 11 is 1.56. The molecule has 0 radical (unpaired) electrons. The zero-order valence-electron chi connectivity index (χ0n) is 8.41. The third-order valence-electron chi connectivity index (χ3n) is 2.17. The zero-order valence-corrected chi connectivity index (χ0v) is 9.22. The van der Waals surface area contributed by atoms with Crippen molar-refractivity contribution in [2.75, 3.05) is 0 Å². The molecular formula is C10H11N3O2S. The fraction of sp³-hybridized carbons (Fsp3) is 0.200. The monoisotopic (exact) mass is 237 g/mol. The van der Waals surface area contributed by atoms with Gasteiger partial charge in [0.25, 0.3) is 0 Å². The van der Waals surface area contributed by atoms with E-state index in [9.17, 15) is 4.79 Å². The van der Waals surface area contributed by atoms with E-state index in [0.29, 0.717) is 0 Å². The van der Waals surface area contributed by atoms with Gasteiger partial charge in [0, 0.05) is 12.4 Å². The third-order valence-corrected chi connectivity index (χ3v) is 3.03. The molecule has 0 amide bonds. The number of nitrogens with zero attached hydrogens (tertiary/aromatic N) is 2. The molecule has 2 aromatic heterocycles. The Labute approximate surface area is 96.2 Å². The molecule has 2 heterocycles. The fourth-order valence-electron chi connectivity index (χ4n) is 1.38. The van der Waals surface area contributed by atoms with Crippen molar-refractivity contribution in [1.29, 1.82) is 0 Å². The minimum atomic E-state index is -1.01. The molecular weight excluding hydrogens is 226 g/mol. The first-order chi connectivity index (χ1) is 7.68. The van der Waals surface area contributed by atoms with Crippen molar-refractivity contribution >= 4 is 17.3 Å². The fourth-order valence-corrected chi connectivity index (χ4v) is 2.11. The molecule has 1 atom stereocenters. The number of imidazole rings is 1. The van der Waals surface area contributed by atoms with Crippen LogP contribution in [0.4, 0.5) is 0 Å². The summed E-state index contributed by atoms with van der Waals surface area (Å²) in [7, 11) is 0. The van der Waals surface area contributed by atoms with Crippen LogP contribution in [0.3, 0.4) is 0 Å². The van der Waals surface area contributed by atoms with Crippen LogP contribution in [0.1, 0.15) is 0 Å². The van der Waals surface area contributed by atoms with Gasteiger partial charge in [-0.25, -0.2) is 4.98 Å². The van der Waals surface area contributed by atoms with Crippen LogP contribution in [-0.2, 0) is 11.3 Å². The Morgan fingerprint density at radius 1 is 1.69 bits per heavy atom. The van der Waals surface area contributed by atoms with E-state index < -0.39 is 12.0 Å². The van der Waals surface area contributed by atoms with Gasteiger partial charge in [0.2, 0.25) is 0 Å². The molecule has 2 aromatic rings. The molecule has 0 aliphatic heterocycles. The lowest BCUT2D eigenvalue weighted by atomic mass is 10.3. The van der Waals surface area contributed by atoms with Crippen molar-refractivity contribution in [2.45, 2.75) is 12.6 Å². The summed E-state index contributed by atoms with van der Waals surface area (Å²) in [4.78, 5) is 15.9. The summed E-state index contributed by atoms with van der Waals surface area (Å²) < 4.78 is 1.75. The molecule has 16 heavy (non-hydrogen) atoms. The second kappa shape index (κ2) is 4.46. The van der Waals surface area contributed by atoms with Crippen molar-refractivity contribution in [3.05, 3.63) is 29.9 Å². The Morgan fingerprint density at radius 2 is 2.50 bits per heavy atom. The summed E-state index contributed by atoms with van der Waals surface area (Å²) in [5.74, 6) is -0.252.